The van der Waals surface area contributed by atoms with Gasteiger partial charge in [0.15, 0.2) is 0 Å². The van der Waals surface area contributed by atoms with E-state index in [1.165, 1.54) is 0 Å². The molecule has 1 rings (SSSR count). The van der Waals surface area contributed by atoms with Gasteiger partial charge in [0.2, 0.25) is 0 Å². The molecule has 1 aliphatic rings. The van der Waals surface area contributed by atoms with E-state index in [4.69, 9.17) is 9.31 Å². The molecule has 1 saturated heterocycles. The summed E-state index contributed by atoms with van der Waals surface area (Å²) >= 11 is 0. The van der Waals surface area contributed by atoms with Gasteiger partial charge < -0.3 is 9.31 Å². The fraction of sp³-hybridized carbons (Fsp3) is 0.778. The van der Waals surface area contributed by atoms with Gasteiger partial charge in [0.1, 0.15) is 0 Å². The van der Waals surface area contributed by atoms with Crippen LogP contribution in [0, 0.1) is 5.41 Å². The maximum absolute atomic E-state index is 5.56. The van der Waals surface area contributed by atoms with E-state index in [-0.39, 0.29) is 12.5 Å². The number of allylic oxidation sites excluding steroid dienone is 2. The quantitative estimate of drug-likeness (QED) is 0.558. The molecule has 0 radical (unpaired) electrons. The molecule has 0 aromatic carbocycles. The Kier molecular flexibility index (Phi) is 2.96. The highest BCUT2D eigenvalue weighted by atomic mass is 16.6. The van der Waals surface area contributed by atoms with Crippen molar-refractivity contribution in [2.45, 2.75) is 27.7 Å². The van der Waals surface area contributed by atoms with Crippen molar-refractivity contribution in [3.63, 3.8) is 0 Å². The highest BCUT2D eigenvalue weighted by Crippen LogP contribution is 2.23. The third-order valence-corrected chi connectivity index (χ3v) is 2.08. The van der Waals surface area contributed by atoms with Gasteiger partial charge >= 0.3 is 7.12 Å². The molecule has 68 valence electrons. The van der Waals surface area contributed by atoms with Gasteiger partial charge in [0.05, 0.1) is 0 Å². The van der Waals surface area contributed by atoms with Gasteiger partial charge in [0.25, 0.3) is 0 Å². The van der Waals surface area contributed by atoms with E-state index >= 15 is 0 Å². The lowest BCUT2D eigenvalue weighted by atomic mass is 9.76. The molecule has 2 nitrogen and oxygen atoms in total. The van der Waals surface area contributed by atoms with E-state index in [1.807, 2.05) is 19.9 Å². The Morgan fingerprint density at radius 2 is 1.83 bits per heavy atom. The topological polar surface area (TPSA) is 18.5 Å². The smallest absolute Gasteiger partial charge is 0.407 e. The highest BCUT2D eigenvalue weighted by molar-refractivity contribution is 6.53. The zero-order chi connectivity index (χ0) is 9.19. The summed E-state index contributed by atoms with van der Waals surface area (Å²) in [6.07, 6.45) is 2.03. The Hall–Kier alpha value is -0.275. The summed E-state index contributed by atoms with van der Waals surface area (Å²) in [5, 5.41) is 0. The van der Waals surface area contributed by atoms with Crippen molar-refractivity contribution in [2.75, 3.05) is 13.2 Å². The molecule has 0 saturated carbocycles. The molecule has 0 aliphatic carbocycles. The molecule has 0 amide bonds. The maximum atomic E-state index is 5.56. The van der Waals surface area contributed by atoms with Gasteiger partial charge in [0, 0.05) is 18.6 Å². The molecule has 0 aromatic heterocycles. The Bertz CT molecular complexity index is 177. The third kappa shape index (κ3) is 2.36. The van der Waals surface area contributed by atoms with E-state index in [9.17, 15) is 0 Å². The Morgan fingerprint density at radius 3 is 2.25 bits per heavy atom. The summed E-state index contributed by atoms with van der Waals surface area (Å²) in [6.45, 7) is 9.89. The Labute approximate surface area is 75.1 Å². The van der Waals surface area contributed by atoms with Crippen LogP contribution in [0.5, 0.6) is 0 Å². The molecule has 0 aromatic rings. The molecule has 3 heteroatoms. The van der Waals surface area contributed by atoms with E-state index in [2.05, 4.69) is 13.8 Å². The first-order chi connectivity index (χ1) is 5.55. The zero-order valence-corrected chi connectivity index (χ0v) is 8.39. The van der Waals surface area contributed by atoms with Crippen LogP contribution in [0.4, 0.5) is 0 Å². The normalized spacial score (nSPS) is 24.3. The predicted molar refractivity (Wildman–Crippen MR) is 50.9 cm³/mol. The molecule has 1 fully saturated rings. The van der Waals surface area contributed by atoms with Crippen molar-refractivity contribution in [3.05, 3.63) is 11.5 Å². The lowest BCUT2D eigenvalue weighted by molar-refractivity contribution is 0.0322. The van der Waals surface area contributed by atoms with Crippen molar-refractivity contribution in [3.8, 4) is 0 Å². The van der Waals surface area contributed by atoms with E-state index in [1.54, 1.807) is 0 Å². The minimum absolute atomic E-state index is 0.108. The molecule has 0 N–H and O–H groups in total. The molecule has 0 bridgehead atoms. The van der Waals surface area contributed by atoms with Gasteiger partial charge in [-0.15, -0.1) is 0 Å². The van der Waals surface area contributed by atoms with Crippen molar-refractivity contribution >= 4 is 7.12 Å². The second-order valence-electron chi connectivity index (χ2n) is 4.15. The SMILES string of the molecule is CC=C(C)B1OCC(C)(C)CO1. The van der Waals surface area contributed by atoms with Crippen LogP contribution in [0.1, 0.15) is 27.7 Å². The van der Waals surface area contributed by atoms with Gasteiger partial charge in [-0.2, -0.15) is 0 Å². The molecule has 0 unspecified atom stereocenters. The maximum Gasteiger partial charge on any atom is 0.488 e. The van der Waals surface area contributed by atoms with Crippen molar-refractivity contribution < 1.29 is 9.31 Å². The Morgan fingerprint density at radius 1 is 1.33 bits per heavy atom. The van der Waals surface area contributed by atoms with Crippen molar-refractivity contribution in [1.82, 2.24) is 0 Å². The van der Waals surface area contributed by atoms with Crippen LogP contribution in [0.2, 0.25) is 0 Å². The summed E-state index contributed by atoms with van der Waals surface area (Å²) in [5.74, 6) is 0. The van der Waals surface area contributed by atoms with Crippen LogP contribution in [0.3, 0.4) is 0 Å². The summed E-state index contributed by atoms with van der Waals surface area (Å²) in [4.78, 5) is 0. The fourth-order valence-electron chi connectivity index (χ4n) is 1.09. The van der Waals surface area contributed by atoms with Gasteiger partial charge in [-0.1, -0.05) is 19.9 Å². The van der Waals surface area contributed by atoms with Crippen LogP contribution < -0.4 is 0 Å². The summed E-state index contributed by atoms with van der Waals surface area (Å²) in [6, 6.07) is 0. The second kappa shape index (κ2) is 3.63. The first-order valence-electron chi connectivity index (χ1n) is 4.41. The van der Waals surface area contributed by atoms with Gasteiger partial charge in [-0.05, 0) is 19.3 Å². The minimum atomic E-state index is -0.108. The minimum Gasteiger partial charge on any atom is -0.407 e. The first kappa shape index (κ1) is 9.81. The first-order valence-corrected chi connectivity index (χ1v) is 4.41. The van der Waals surface area contributed by atoms with E-state index < -0.39 is 0 Å². The summed E-state index contributed by atoms with van der Waals surface area (Å²) in [5.41, 5.74) is 1.33. The second-order valence-corrected chi connectivity index (χ2v) is 4.15. The van der Waals surface area contributed by atoms with Crippen LogP contribution in [0.15, 0.2) is 11.5 Å². The average molecular weight is 168 g/mol. The van der Waals surface area contributed by atoms with Crippen LogP contribution >= 0.6 is 0 Å². The monoisotopic (exact) mass is 168 g/mol. The molecule has 1 aliphatic heterocycles. The lowest BCUT2D eigenvalue weighted by Crippen LogP contribution is -2.41. The molecule has 0 atom stereocenters. The molecular weight excluding hydrogens is 151 g/mol. The van der Waals surface area contributed by atoms with Gasteiger partial charge in [-0.3, -0.25) is 0 Å². The van der Waals surface area contributed by atoms with Gasteiger partial charge in [-0.25, -0.2) is 0 Å². The molecular formula is C9H17BO2. The number of hydrogen-bond donors (Lipinski definition) is 0. The molecule has 12 heavy (non-hydrogen) atoms. The van der Waals surface area contributed by atoms with E-state index in [0.29, 0.717) is 0 Å². The molecule has 0 spiro atoms. The standard InChI is InChI=1S/C9H17BO2/c1-5-8(2)10-11-6-9(3,4)7-12-10/h5H,6-7H2,1-4H3. The summed E-state index contributed by atoms with van der Waals surface area (Å²) < 4.78 is 11.1. The molecule has 1 heterocycles. The van der Waals surface area contributed by atoms with Crippen molar-refractivity contribution in [1.29, 1.82) is 0 Å². The lowest BCUT2D eigenvalue weighted by Gasteiger charge is -2.33. The summed E-state index contributed by atoms with van der Waals surface area (Å²) in [7, 11) is -0.108. The Balaban J connectivity index is 2.47. The van der Waals surface area contributed by atoms with Crippen LogP contribution in [-0.4, -0.2) is 20.3 Å². The van der Waals surface area contributed by atoms with Crippen molar-refractivity contribution in [2.24, 2.45) is 5.41 Å². The fourth-order valence-corrected chi connectivity index (χ4v) is 1.09. The third-order valence-electron chi connectivity index (χ3n) is 2.08. The van der Waals surface area contributed by atoms with E-state index in [0.717, 1.165) is 18.7 Å². The largest absolute Gasteiger partial charge is 0.488 e. The zero-order valence-electron chi connectivity index (χ0n) is 8.39. The number of rotatable bonds is 1. The predicted octanol–water partition coefficient (Wildman–Crippen LogP) is 2.05. The van der Waals surface area contributed by atoms with Crippen LogP contribution in [0.25, 0.3) is 0 Å². The highest BCUT2D eigenvalue weighted by Gasteiger charge is 2.32. The van der Waals surface area contributed by atoms with Crippen LogP contribution in [-0.2, 0) is 9.31 Å². The average Bonchev–Trinajstić information content (AvgIpc) is 2.03. The number of hydrogen-bond acceptors (Lipinski definition) is 2.